The Labute approximate surface area is 127 Å². The summed E-state index contributed by atoms with van der Waals surface area (Å²) in [6, 6.07) is 8.59. The van der Waals surface area contributed by atoms with Crippen molar-refractivity contribution in [2.24, 2.45) is 23.5 Å². The molecule has 5 unspecified atom stereocenters. The molecule has 0 radical (unpaired) electrons. The highest BCUT2D eigenvalue weighted by molar-refractivity contribution is 5.38. The molecule has 3 nitrogen and oxygen atoms in total. The van der Waals surface area contributed by atoms with Crippen LogP contribution in [-0.4, -0.2) is 31.1 Å². The van der Waals surface area contributed by atoms with Crippen LogP contribution in [0.25, 0.3) is 0 Å². The summed E-state index contributed by atoms with van der Waals surface area (Å²) in [5.41, 5.74) is 7.68. The zero-order valence-electron chi connectivity index (χ0n) is 12.9. The highest BCUT2D eigenvalue weighted by Crippen LogP contribution is 2.48. The number of para-hydroxylation sites is 1. The van der Waals surface area contributed by atoms with Gasteiger partial charge in [-0.15, -0.1) is 0 Å². The summed E-state index contributed by atoms with van der Waals surface area (Å²) >= 11 is 0. The highest BCUT2D eigenvalue weighted by Gasteiger charge is 2.41. The third-order valence-corrected chi connectivity index (χ3v) is 6.08. The molecule has 2 saturated carbocycles. The number of hydrogen-bond donors (Lipinski definition) is 1. The number of ether oxygens (including phenoxy) is 1. The van der Waals surface area contributed by atoms with Gasteiger partial charge in [-0.05, 0) is 50.1 Å². The third-order valence-electron chi connectivity index (χ3n) is 6.08. The smallest absolute Gasteiger partial charge is 0.124 e. The number of fused-ring (bicyclic) bond motifs is 3. The van der Waals surface area contributed by atoms with Gasteiger partial charge in [0.25, 0.3) is 0 Å². The Kier molecular flexibility index (Phi) is 3.43. The maximum atomic E-state index is 6.52. The van der Waals surface area contributed by atoms with Crippen molar-refractivity contribution < 1.29 is 4.74 Å². The summed E-state index contributed by atoms with van der Waals surface area (Å²) in [5, 5.41) is 0. The molecule has 3 heteroatoms. The van der Waals surface area contributed by atoms with Gasteiger partial charge < -0.3 is 10.5 Å². The average Bonchev–Trinajstić information content (AvgIpc) is 3.10. The Hall–Kier alpha value is -1.06. The van der Waals surface area contributed by atoms with Crippen molar-refractivity contribution in [1.29, 1.82) is 0 Å². The van der Waals surface area contributed by atoms with E-state index in [2.05, 4.69) is 24.1 Å². The van der Waals surface area contributed by atoms with Gasteiger partial charge in [0.1, 0.15) is 12.4 Å². The Morgan fingerprint density at radius 1 is 1.24 bits per heavy atom. The molecule has 3 aliphatic rings. The number of hydrogen-bond acceptors (Lipinski definition) is 3. The summed E-state index contributed by atoms with van der Waals surface area (Å²) in [5.74, 6) is 3.85. The molecule has 1 aromatic carbocycles. The standard InChI is InChI=1S/C18H26N2O/c1-20(10-14-9-12-6-7-13(14)8-12)16-11-21-17-5-3-2-4-15(17)18(16)19/h2-5,12-14,16,18H,6-11,19H2,1H3. The fourth-order valence-corrected chi connectivity index (χ4v) is 4.88. The minimum absolute atomic E-state index is 0.0681. The third kappa shape index (κ3) is 2.36. The van der Waals surface area contributed by atoms with E-state index in [1.807, 2.05) is 12.1 Å². The quantitative estimate of drug-likeness (QED) is 0.928. The second-order valence-electron chi connectivity index (χ2n) is 7.32. The fraction of sp³-hybridized carbons (Fsp3) is 0.667. The van der Waals surface area contributed by atoms with Crippen LogP contribution in [0.2, 0.25) is 0 Å². The molecular weight excluding hydrogens is 260 g/mol. The number of benzene rings is 1. The van der Waals surface area contributed by atoms with Gasteiger partial charge >= 0.3 is 0 Å². The van der Waals surface area contributed by atoms with Crippen LogP contribution in [0, 0.1) is 17.8 Å². The fourth-order valence-electron chi connectivity index (χ4n) is 4.88. The zero-order chi connectivity index (χ0) is 14.4. The van der Waals surface area contributed by atoms with Gasteiger partial charge in [0.15, 0.2) is 0 Å². The Morgan fingerprint density at radius 2 is 2.10 bits per heavy atom. The lowest BCUT2D eigenvalue weighted by atomic mass is 9.87. The van der Waals surface area contributed by atoms with E-state index < -0.39 is 0 Å². The maximum absolute atomic E-state index is 6.52. The molecular formula is C18H26N2O. The van der Waals surface area contributed by atoms with Gasteiger partial charge in [-0.3, -0.25) is 4.90 Å². The van der Waals surface area contributed by atoms with E-state index in [-0.39, 0.29) is 6.04 Å². The molecule has 0 aromatic heterocycles. The molecule has 2 aliphatic carbocycles. The summed E-state index contributed by atoms with van der Waals surface area (Å²) in [6.45, 7) is 1.90. The van der Waals surface area contributed by atoms with Crippen LogP contribution in [0.15, 0.2) is 24.3 Å². The van der Waals surface area contributed by atoms with Gasteiger partial charge in [-0.25, -0.2) is 0 Å². The molecule has 1 aromatic rings. The molecule has 114 valence electrons. The largest absolute Gasteiger partial charge is 0.492 e. The van der Waals surface area contributed by atoms with E-state index >= 15 is 0 Å². The van der Waals surface area contributed by atoms with Crippen molar-refractivity contribution >= 4 is 0 Å². The van der Waals surface area contributed by atoms with Crippen LogP contribution >= 0.6 is 0 Å². The van der Waals surface area contributed by atoms with E-state index in [1.165, 1.54) is 32.2 Å². The van der Waals surface area contributed by atoms with Crippen LogP contribution in [0.3, 0.4) is 0 Å². The zero-order valence-corrected chi connectivity index (χ0v) is 12.9. The Balaban J connectivity index is 1.44. The second kappa shape index (κ2) is 5.29. The topological polar surface area (TPSA) is 38.5 Å². The molecule has 0 spiro atoms. The van der Waals surface area contributed by atoms with Gasteiger partial charge in [-0.2, -0.15) is 0 Å². The number of nitrogens with zero attached hydrogens (tertiary/aromatic N) is 1. The summed E-state index contributed by atoms with van der Waals surface area (Å²) < 4.78 is 5.93. The van der Waals surface area contributed by atoms with Crippen molar-refractivity contribution in [1.82, 2.24) is 4.90 Å². The average molecular weight is 286 g/mol. The Morgan fingerprint density at radius 3 is 2.86 bits per heavy atom. The predicted octanol–water partition coefficient (Wildman–Crippen LogP) is 2.82. The molecule has 0 saturated heterocycles. The van der Waals surface area contributed by atoms with Crippen LogP contribution in [0.1, 0.15) is 37.3 Å². The van der Waals surface area contributed by atoms with Crippen molar-refractivity contribution in [3.8, 4) is 5.75 Å². The van der Waals surface area contributed by atoms with Gasteiger partial charge in [0.2, 0.25) is 0 Å². The van der Waals surface area contributed by atoms with Crippen molar-refractivity contribution in [2.75, 3.05) is 20.2 Å². The van der Waals surface area contributed by atoms with Crippen molar-refractivity contribution in [3.63, 3.8) is 0 Å². The minimum atomic E-state index is 0.0681. The Bertz CT molecular complexity index is 518. The van der Waals surface area contributed by atoms with Gasteiger partial charge in [0, 0.05) is 12.1 Å². The van der Waals surface area contributed by atoms with Crippen LogP contribution in [-0.2, 0) is 0 Å². The van der Waals surface area contributed by atoms with Crippen molar-refractivity contribution in [2.45, 2.75) is 37.8 Å². The molecule has 1 heterocycles. The van der Waals surface area contributed by atoms with E-state index in [1.54, 1.807) is 0 Å². The first-order chi connectivity index (χ1) is 10.2. The molecule has 0 amide bonds. The molecule has 2 N–H and O–H groups in total. The summed E-state index contributed by atoms with van der Waals surface area (Å²) in [6.07, 6.45) is 5.85. The first-order valence-electron chi connectivity index (χ1n) is 8.40. The van der Waals surface area contributed by atoms with E-state index in [0.29, 0.717) is 6.04 Å². The first kappa shape index (κ1) is 13.6. The van der Waals surface area contributed by atoms with E-state index in [4.69, 9.17) is 10.5 Å². The molecule has 2 bridgehead atoms. The van der Waals surface area contributed by atoms with Gasteiger partial charge in [-0.1, -0.05) is 24.6 Å². The monoisotopic (exact) mass is 286 g/mol. The van der Waals surface area contributed by atoms with Crippen LogP contribution in [0.4, 0.5) is 0 Å². The lowest BCUT2D eigenvalue weighted by Crippen LogP contribution is -2.48. The van der Waals surface area contributed by atoms with Gasteiger partial charge in [0.05, 0.1) is 12.1 Å². The minimum Gasteiger partial charge on any atom is -0.492 e. The number of likely N-dealkylation sites (N-methyl/N-ethyl adjacent to an activating group) is 1. The molecule has 2 fully saturated rings. The molecule has 5 atom stereocenters. The highest BCUT2D eigenvalue weighted by atomic mass is 16.5. The van der Waals surface area contributed by atoms with Crippen molar-refractivity contribution in [3.05, 3.63) is 29.8 Å². The van der Waals surface area contributed by atoms with E-state index in [0.717, 1.165) is 35.7 Å². The van der Waals surface area contributed by atoms with Crippen LogP contribution < -0.4 is 10.5 Å². The molecule has 1 aliphatic heterocycles. The lowest BCUT2D eigenvalue weighted by Gasteiger charge is -2.39. The summed E-state index contributed by atoms with van der Waals surface area (Å²) in [7, 11) is 2.23. The predicted molar refractivity (Wildman–Crippen MR) is 84.2 cm³/mol. The number of rotatable bonds is 3. The summed E-state index contributed by atoms with van der Waals surface area (Å²) in [4.78, 5) is 2.46. The maximum Gasteiger partial charge on any atom is 0.124 e. The number of nitrogens with two attached hydrogens (primary N) is 1. The molecule has 4 rings (SSSR count). The second-order valence-corrected chi connectivity index (χ2v) is 7.32. The normalized spacial score (nSPS) is 37.6. The SMILES string of the molecule is CN(CC1CC2CCC1C2)C1COc2ccccc2C1N. The molecule has 21 heavy (non-hydrogen) atoms. The lowest BCUT2D eigenvalue weighted by molar-refractivity contribution is 0.0951. The van der Waals surface area contributed by atoms with E-state index in [9.17, 15) is 0 Å². The van der Waals surface area contributed by atoms with Crippen LogP contribution in [0.5, 0.6) is 5.75 Å². The first-order valence-corrected chi connectivity index (χ1v) is 8.40.